The second-order valence-electron chi connectivity index (χ2n) is 32.8. The van der Waals surface area contributed by atoms with Gasteiger partial charge in [0.25, 0.3) is 0 Å². The number of ether oxygens (including phenoxy) is 8. The quantitative estimate of drug-likeness (QED) is 0.0129. The third-order valence-corrected chi connectivity index (χ3v) is 24.8. The number of hydrogen-bond acceptors (Lipinski definition) is 33. The summed E-state index contributed by atoms with van der Waals surface area (Å²) in [6.45, 7) is 4.53. The SMILES string of the molecule is COc1cc2nc(-c3cccc4cccnc34)nc(NCCNC(=O)c3nnc(-c4ccccc4)o3)c2cc1OC.COc1cc2nc(N(C)[C@@H](C)[C@@H](O)c3ccccc3)nc(NCCc3c[nH]c4ccccc34)c2cc1OC.COc1cc2nc(NC3CC3)nc(NCCc3c[nH]c4ccccc34)c2cc1OC.COc1cc2nc(NCCCC(=O)c3nnc(-c4ccccc4)s3)nc(N)c2cc1OC.S.S. The van der Waals surface area contributed by atoms with Crippen molar-refractivity contribution >= 4 is 167 Å². The number of carbonyl (C=O) groups is 2. The number of likely N-dealkylation sites (N-methyl/N-ethyl adjacent to an activating group) is 1. The fourth-order valence-corrected chi connectivity index (χ4v) is 16.8. The van der Waals surface area contributed by atoms with Gasteiger partial charge in [0.2, 0.25) is 23.7 Å². The van der Waals surface area contributed by atoms with E-state index < -0.39 is 12.0 Å². The molecule has 9 heterocycles. The van der Waals surface area contributed by atoms with Gasteiger partial charge < -0.3 is 99.9 Å². The first-order chi connectivity index (χ1) is 69.0. The number of fused-ring (bicyclic) bond motifs is 7. The van der Waals surface area contributed by atoms with Crippen LogP contribution in [0.1, 0.15) is 75.9 Å². The minimum atomic E-state index is -0.704. The molecule has 35 nitrogen and oxygen atoms in total. The number of hydrogen-bond donors (Lipinski definition) is 10. The Kier molecular flexibility index (Phi) is 33.5. The number of nitrogens with one attached hydrogen (secondary N) is 8. The molecule has 0 radical (unpaired) electrons. The molecule has 1 aliphatic carbocycles. The fraction of sp³-hybridized carbons (Fsp3) is 0.229. The number of aliphatic hydroxyl groups is 1. The highest BCUT2D eigenvalue weighted by Gasteiger charge is 2.28. The van der Waals surface area contributed by atoms with Crippen molar-refractivity contribution in [3.63, 3.8) is 0 Å². The molecular weight excluding hydrogens is 1870 g/mol. The highest BCUT2D eigenvalue weighted by atomic mass is 32.1. The molecule has 0 unspecified atom stereocenters. The monoisotopic (exact) mass is 1980 g/mol. The summed E-state index contributed by atoms with van der Waals surface area (Å²) in [4.78, 5) is 75.9. The number of methoxy groups -OCH3 is 8. The molecule has 0 saturated heterocycles. The zero-order chi connectivity index (χ0) is 97.8. The normalized spacial score (nSPS) is 11.8. The maximum Gasteiger partial charge on any atom is 0.308 e. The van der Waals surface area contributed by atoms with Crippen LogP contribution in [0, 0.1) is 0 Å². The molecule has 0 bridgehead atoms. The van der Waals surface area contributed by atoms with Crippen molar-refractivity contribution in [1.82, 2.24) is 80.5 Å². The van der Waals surface area contributed by atoms with E-state index in [0.29, 0.717) is 147 Å². The van der Waals surface area contributed by atoms with Crippen LogP contribution in [0.2, 0.25) is 0 Å². The van der Waals surface area contributed by atoms with Crippen molar-refractivity contribution in [2.45, 2.75) is 63.6 Å². The first kappa shape index (κ1) is 101. The summed E-state index contributed by atoms with van der Waals surface area (Å²) < 4.78 is 49.2. The van der Waals surface area contributed by atoms with E-state index in [2.05, 4.69) is 126 Å². The van der Waals surface area contributed by atoms with Crippen LogP contribution in [0.25, 0.3) is 110 Å². The average molecular weight is 1980 g/mol. The van der Waals surface area contributed by atoms with Crippen LogP contribution in [0.4, 0.5) is 41.1 Å². The average Bonchev–Trinajstić information content (AvgIpc) is 1.39. The van der Waals surface area contributed by atoms with Gasteiger partial charge in [-0.15, -0.1) is 20.4 Å². The number of para-hydroxylation sites is 3. The number of nitrogen functional groups attached to an aromatic ring is 1. The van der Waals surface area contributed by atoms with E-state index in [9.17, 15) is 14.7 Å². The number of nitrogens with two attached hydrogens (primary N) is 1. The molecule has 734 valence electrons. The number of H-pyrrole nitrogens is 2. The van der Waals surface area contributed by atoms with Gasteiger partial charge in [0.15, 0.2) is 62.6 Å². The predicted octanol–water partition coefficient (Wildman–Crippen LogP) is 18.5. The topological polar surface area (TPSA) is 442 Å². The molecule has 1 saturated carbocycles. The molecule has 0 spiro atoms. The van der Waals surface area contributed by atoms with E-state index in [1.165, 1.54) is 33.2 Å². The van der Waals surface area contributed by atoms with Crippen molar-refractivity contribution in [2.75, 3.05) is 134 Å². The summed E-state index contributed by atoms with van der Waals surface area (Å²) >= 11 is 1.30. The first-order valence-electron chi connectivity index (χ1n) is 45.7. The maximum absolute atomic E-state index is 12.6. The summed E-state index contributed by atoms with van der Waals surface area (Å²) in [5, 5.41) is 54.5. The molecule has 9 aromatic heterocycles. The second-order valence-corrected chi connectivity index (χ2v) is 33.7. The molecule has 19 aromatic rings. The van der Waals surface area contributed by atoms with Gasteiger partial charge in [-0.1, -0.05) is 145 Å². The number of nitrogens with zero attached hydrogens (tertiary/aromatic N) is 14. The number of carbonyl (C=O) groups excluding carboxylic acids is 2. The number of amides is 1. The number of aromatic nitrogens is 15. The van der Waals surface area contributed by atoms with E-state index in [-0.39, 0.29) is 57.1 Å². The van der Waals surface area contributed by atoms with Gasteiger partial charge in [-0.05, 0) is 116 Å². The molecule has 1 fully saturated rings. The molecule has 38 heteroatoms. The van der Waals surface area contributed by atoms with Gasteiger partial charge in [0.1, 0.15) is 28.3 Å². The summed E-state index contributed by atoms with van der Waals surface area (Å²) in [6.07, 6.45) is 10.1. The second kappa shape index (κ2) is 47.5. The van der Waals surface area contributed by atoms with E-state index >= 15 is 0 Å². The zero-order valence-electron chi connectivity index (χ0n) is 80.2. The Labute approximate surface area is 841 Å². The third-order valence-electron chi connectivity index (χ3n) is 23.7. The zero-order valence-corrected chi connectivity index (χ0v) is 83.0. The fourth-order valence-electron chi connectivity index (χ4n) is 16.0. The van der Waals surface area contributed by atoms with Crippen molar-refractivity contribution < 1.29 is 57.0 Å². The van der Waals surface area contributed by atoms with Crippen LogP contribution in [0.3, 0.4) is 0 Å². The molecule has 20 rings (SSSR count). The number of aliphatic hydroxyl groups excluding tert-OH is 1. The predicted molar refractivity (Wildman–Crippen MR) is 571 cm³/mol. The number of anilines is 7. The standard InChI is InChI=1S/C30H25N7O4.C30H33N5O3.C23H25N5O2.C22H22N6O3S.2H2S/c1-39-23-16-21-22(17-24(23)40-2)34-27(20-12-6-10-18-11-7-13-31-25(18)20)35-26(21)32-14-15-33-28(38)30-37-36-29(41-30)19-8-4-3-5-9-19;1-19(28(36)20-10-6-5-7-11-20)35(2)30-33-25-17-27(38-4)26(37-3)16-23(25)29(34-30)31-15-14-21-18-32-24-13-9-8-12-22(21)24;1-29-20-11-17-19(12-21(20)30-2)27-23(26-15-7-8-15)28-22(17)24-10-9-14-13-25-18-6-4-3-5-16(14)18;1-30-17-11-14-15(12-18(17)31-2)25-22(26-19(14)23)24-10-6-9-16(29)21-28-27-20(32-21)13-7-4-3-5-8-13;;/h3-13,16-17H,14-15H2,1-2H3,(H,33,38)(H,32,34,35);5-13,16-19,28,32,36H,14-15H2,1-4H3,(H,31,33,34);3-6,11-13,15,25H,7-10H2,1-2H3,(H2,24,26,27,28);3-5,7-8,11-12H,6,9-10H2,1-2H3,(H3,23,24,25,26);2*1H2/t;19-,28+;;;;/m.0..../s1. The highest BCUT2D eigenvalue weighted by Crippen LogP contribution is 2.42. The Balaban J connectivity index is 0.000000144. The number of pyridine rings is 1. The summed E-state index contributed by atoms with van der Waals surface area (Å²) in [7, 11) is 14.7. The van der Waals surface area contributed by atoms with Gasteiger partial charge in [-0.25, -0.2) is 24.9 Å². The minimum absolute atomic E-state index is 0. The molecule has 143 heavy (non-hydrogen) atoms. The van der Waals surface area contributed by atoms with Gasteiger partial charge in [-0.2, -0.15) is 41.9 Å². The Morgan fingerprint density at radius 3 is 1.57 bits per heavy atom. The van der Waals surface area contributed by atoms with Gasteiger partial charge in [-0.3, -0.25) is 14.6 Å². The molecule has 11 N–H and O–H groups in total. The van der Waals surface area contributed by atoms with Crippen molar-refractivity contribution in [1.29, 1.82) is 0 Å². The van der Waals surface area contributed by atoms with Gasteiger partial charge >= 0.3 is 11.8 Å². The van der Waals surface area contributed by atoms with E-state index in [4.69, 9.17) is 77.9 Å². The Bertz CT molecular complexity index is 7610. The van der Waals surface area contributed by atoms with Gasteiger partial charge in [0.05, 0.1) is 96.6 Å². The van der Waals surface area contributed by atoms with Crippen LogP contribution in [0.15, 0.2) is 241 Å². The molecule has 2 atom stereocenters. The third kappa shape index (κ3) is 23.8. The molecule has 10 aromatic carbocycles. The molecule has 1 amide bonds. The van der Waals surface area contributed by atoms with E-state index in [1.54, 1.807) is 75.2 Å². The van der Waals surface area contributed by atoms with Crippen LogP contribution in [-0.2, 0) is 12.8 Å². The van der Waals surface area contributed by atoms with Crippen LogP contribution in [-0.4, -0.2) is 201 Å². The smallest absolute Gasteiger partial charge is 0.308 e. The first-order valence-corrected chi connectivity index (χ1v) is 46.5. The lowest BCUT2D eigenvalue weighted by molar-refractivity contribution is 0.0920. The van der Waals surface area contributed by atoms with Gasteiger partial charge in [0, 0.05) is 161 Å². The van der Waals surface area contributed by atoms with Crippen molar-refractivity contribution in [3.05, 3.63) is 265 Å². The minimum Gasteiger partial charge on any atom is -0.493 e. The molecule has 1 aliphatic rings. The highest BCUT2D eigenvalue weighted by molar-refractivity contribution is 7.59. The number of aromatic amines is 2. The summed E-state index contributed by atoms with van der Waals surface area (Å²) in [6, 6.07) is 69.9. The summed E-state index contributed by atoms with van der Waals surface area (Å²) in [5.41, 5.74) is 17.9. The summed E-state index contributed by atoms with van der Waals surface area (Å²) in [5.74, 6) is 8.81. The lowest BCUT2D eigenvalue weighted by Gasteiger charge is -2.29. The van der Waals surface area contributed by atoms with Crippen LogP contribution in [0.5, 0.6) is 46.0 Å². The van der Waals surface area contributed by atoms with Crippen LogP contribution < -0.4 is 80.4 Å². The van der Waals surface area contributed by atoms with Crippen molar-refractivity contribution in [3.8, 4) is 79.4 Å². The number of ketones is 1. The maximum atomic E-state index is 12.6. The lowest BCUT2D eigenvalue weighted by Crippen LogP contribution is -2.35. The molecular formula is C105H109N23O12S3. The van der Waals surface area contributed by atoms with Crippen LogP contribution >= 0.6 is 38.3 Å². The Morgan fingerprint density at radius 1 is 0.490 bits per heavy atom. The molecule has 0 aliphatic heterocycles. The Morgan fingerprint density at radius 2 is 0.986 bits per heavy atom. The van der Waals surface area contributed by atoms with E-state index in [0.717, 1.165) is 114 Å². The number of Topliss-reactive ketones (excluding diaryl/α,β-unsaturated/α-hetero) is 1. The Hall–Kier alpha value is -16.5. The lowest BCUT2D eigenvalue weighted by atomic mass is 10.0. The van der Waals surface area contributed by atoms with E-state index in [1.807, 2.05) is 189 Å². The van der Waals surface area contributed by atoms with Crippen molar-refractivity contribution in [2.24, 2.45) is 0 Å². The largest absolute Gasteiger partial charge is 0.493 e. The number of benzene rings is 10. The number of rotatable bonds is 36.